The molecule has 4 nitrogen and oxygen atoms in total. The summed E-state index contributed by atoms with van der Waals surface area (Å²) in [6, 6.07) is 9.28. The summed E-state index contributed by atoms with van der Waals surface area (Å²) >= 11 is 1.44. The van der Waals surface area contributed by atoms with E-state index in [0.29, 0.717) is 5.75 Å². The van der Waals surface area contributed by atoms with Crippen molar-refractivity contribution in [2.75, 3.05) is 5.32 Å². The third-order valence-electron chi connectivity index (χ3n) is 2.29. The number of benzene rings is 1. The zero-order valence-electron chi connectivity index (χ0n) is 10.2. The lowest BCUT2D eigenvalue weighted by Crippen LogP contribution is -2.29. The number of para-hydroxylation sites is 1. The van der Waals surface area contributed by atoms with Crippen molar-refractivity contribution in [3.63, 3.8) is 0 Å². The molecule has 0 unspecified atom stereocenters. The number of ether oxygens (including phenoxy) is 1. The van der Waals surface area contributed by atoms with Crippen LogP contribution in [0.5, 0.6) is 5.75 Å². The SMILES string of the molecule is Cc1ncc(NC(=O)[C@H](C)Oc2ccccc2)s1. The van der Waals surface area contributed by atoms with E-state index in [4.69, 9.17) is 4.74 Å². The Kier molecular flexibility index (Phi) is 3.94. The highest BCUT2D eigenvalue weighted by Crippen LogP contribution is 2.18. The van der Waals surface area contributed by atoms with Crippen LogP contribution in [0.15, 0.2) is 36.5 Å². The molecule has 5 heteroatoms. The van der Waals surface area contributed by atoms with Crippen molar-refractivity contribution in [2.45, 2.75) is 20.0 Å². The number of anilines is 1. The maximum Gasteiger partial charge on any atom is 0.265 e. The molecule has 1 aromatic carbocycles. The van der Waals surface area contributed by atoms with Gasteiger partial charge in [-0.25, -0.2) is 4.98 Å². The summed E-state index contributed by atoms with van der Waals surface area (Å²) < 4.78 is 5.53. The summed E-state index contributed by atoms with van der Waals surface area (Å²) in [5, 5.41) is 4.43. The van der Waals surface area contributed by atoms with Gasteiger partial charge in [-0.15, -0.1) is 11.3 Å². The first-order chi connectivity index (χ1) is 8.65. The Hall–Kier alpha value is -1.88. The van der Waals surface area contributed by atoms with E-state index in [1.165, 1.54) is 11.3 Å². The van der Waals surface area contributed by atoms with E-state index in [1.807, 2.05) is 37.3 Å². The topological polar surface area (TPSA) is 51.2 Å². The number of nitrogens with one attached hydrogen (secondary N) is 1. The van der Waals surface area contributed by atoms with Crippen LogP contribution >= 0.6 is 11.3 Å². The van der Waals surface area contributed by atoms with E-state index in [9.17, 15) is 4.79 Å². The van der Waals surface area contributed by atoms with Gasteiger partial charge in [-0.2, -0.15) is 0 Å². The first-order valence-corrected chi connectivity index (χ1v) is 6.42. The fraction of sp³-hybridized carbons (Fsp3) is 0.231. The normalized spacial score (nSPS) is 11.9. The van der Waals surface area contributed by atoms with Gasteiger partial charge in [0, 0.05) is 0 Å². The number of carbonyl (C=O) groups excluding carboxylic acids is 1. The summed E-state index contributed by atoms with van der Waals surface area (Å²) in [6.45, 7) is 3.61. The third kappa shape index (κ3) is 3.30. The molecule has 1 amide bonds. The first-order valence-electron chi connectivity index (χ1n) is 5.60. The minimum atomic E-state index is -0.546. The van der Waals surface area contributed by atoms with Crippen LogP contribution in [0.2, 0.25) is 0 Å². The van der Waals surface area contributed by atoms with Crippen LogP contribution in [0.25, 0.3) is 0 Å². The minimum absolute atomic E-state index is 0.178. The van der Waals surface area contributed by atoms with Crippen LogP contribution in [-0.4, -0.2) is 17.0 Å². The molecule has 2 rings (SSSR count). The number of aromatic nitrogens is 1. The molecular formula is C13H14N2O2S. The fourth-order valence-corrected chi connectivity index (χ4v) is 2.08. The lowest BCUT2D eigenvalue weighted by Gasteiger charge is -2.13. The quantitative estimate of drug-likeness (QED) is 0.921. The molecule has 0 saturated carbocycles. The molecular weight excluding hydrogens is 248 g/mol. The van der Waals surface area contributed by atoms with Crippen LogP contribution < -0.4 is 10.1 Å². The van der Waals surface area contributed by atoms with Crippen LogP contribution in [0.4, 0.5) is 5.00 Å². The molecule has 0 fully saturated rings. The van der Waals surface area contributed by atoms with Gasteiger partial charge in [0.05, 0.1) is 11.2 Å². The van der Waals surface area contributed by atoms with Crippen LogP contribution in [-0.2, 0) is 4.79 Å². The number of nitrogens with zero attached hydrogens (tertiary/aromatic N) is 1. The van der Waals surface area contributed by atoms with Gasteiger partial charge < -0.3 is 10.1 Å². The van der Waals surface area contributed by atoms with Gasteiger partial charge in [0.15, 0.2) is 6.10 Å². The summed E-state index contributed by atoms with van der Waals surface area (Å²) in [6.07, 6.45) is 1.10. The Morgan fingerprint density at radius 2 is 2.11 bits per heavy atom. The Labute approximate surface area is 110 Å². The van der Waals surface area contributed by atoms with E-state index in [1.54, 1.807) is 13.1 Å². The largest absolute Gasteiger partial charge is 0.481 e. The van der Waals surface area contributed by atoms with Crippen LogP contribution in [0, 0.1) is 6.92 Å². The molecule has 1 aromatic heterocycles. The average molecular weight is 262 g/mol. The van der Waals surface area contributed by atoms with Crippen LogP contribution in [0.1, 0.15) is 11.9 Å². The Morgan fingerprint density at radius 3 is 2.72 bits per heavy atom. The predicted octanol–water partition coefficient (Wildman–Crippen LogP) is 2.86. The van der Waals surface area contributed by atoms with E-state index in [-0.39, 0.29) is 5.91 Å². The zero-order valence-corrected chi connectivity index (χ0v) is 11.0. The molecule has 0 saturated heterocycles. The Morgan fingerprint density at radius 1 is 1.39 bits per heavy atom. The number of carbonyl (C=O) groups is 1. The van der Waals surface area contributed by atoms with Crippen molar-refractivity contribution in [3.8, 4) is 5.75 Å². The molecule has 0 aliphatic rings. The second-order valence-corrected chi connectivity index (χ2v) is 5.04. The second-order valence-electron chi connectivity index (χ2n) is 3.81. The monoisotopic (exact) mass is 262 g/mol. The van der Waals surface area contributed by atoms with Crippen molar-refractivity contribution < 1.29 is 9.53 Å². The van der Waals surface area contributed by atoms with Crippen molar-refractivity contribution in [3.05, 3.63) is 41.5 Å². The van der Waals surface area contributed by atoms with E-state index in [2.05, 4.69) is 10.3 Å². The molecule has 1 N–H and O–H groups in total. The number of hydrogen-bond donors (Lipinski definition) is 1. The summed E-state index contributed by atoms with van der Waals surface area (Å²) in [5.41, 5.74) is 0. The second kappa shape index (κ2) is 5.64. The van der Waals surface area contributed by atoms with Crippen molar-refractivity contribution in [1.29, 1.82) is 0 Å². The minimum Gasteiger partial charge on any atom is -0.481 e. The molecule has 18 heavy (non-hydrogen) atoms. The van der Waals surface area contributed by atoms with Crippen molar-refractivity contribution >= 4 is 22.2 Å². The van der Waals surface area contributed by atoms with Gasteiger partial charge in [0.25, 0.3) is 5.91 Å². The first kappa shape index (κ1) is 12.6. The number of hydrogen-bond acceptors (Lipinski definition) is 4. The Balaban J connectivity index is 1.93. The van der Waals surface area contributed by atoms with E-state index < -0.39 is 6.10 Å². The highest BCUT2D eigenvalue weighted by Gasteiger charge is 2.15. The lowest BCUT2D eigenvalue weighted by molar-refractivity contribution is -0.122. The molecule has 94 valence electrons. The number of amides is 1. The van der Waals surface area contributed by atoms with Gasteiger partial charge >= 0.3 is 0 Å². The molecule has 1 atom stereocenters. The molecule has 0 aliphatic heterocycles. The van der Waals surface area contributed by atoms with Gasteiger partial charge in [0.2, 0.25) is 0 Å². The molecule has 0 spiro atoms. The number of rotatable bonds is 4. The molecule has 0 radical (unpaired) electrons. The standard InChI is InChI=1S/C13H14N2O2S/c1-9(17-11-6-4-3-5-7-11)13(16)15-12-8-14-10(2)18-12/h3-9H,1-2H3,(H,15,16)/t9-/m0/s1. The highest BCUT2D eigenvalue weighted by molar-refractivity contribution is 7.15. The van der Waals surface area contributed by atoms with E-state index in [0.717, 1.165) is 10.0 Å². The number of thiazole rings is 1. The molecule has 2 aromatic rings. The van der Waals surface area contributed by atoms with Gasteiger partial charge in [0.1, 0.15) is 10.8 Å². The molecule has 0 bridgehead atoms. The smallest absolute Gasteiger partial charge is 0.265 e. The molecule has 0 aliphatic carbocycles. The highest BCUT2D eigenvalue weighted by atomic mass is 32.1. The average Bonchev–Trinajstić information content (AvgIpc) is 2.76. The lowest BCUT2D eigenvalue weighted by atomic mass is 10.3. The summed E-state index contributed by atoms with van der Waals surface area (Å²) in [4.78, 5) is 15.9. The van der Waals surface area contributed by atoms with Gasteiger partial charge in [-0.05, 0) is 26.0 Å². The third-order valence-corrected chi connectivity index (χ3v) is 3.12. The zero-order chi connectivity index (χ0) is 13.0. The van der Waals surface area contributed by atoms with Crippen molar-refractivity contribution in [1.82, 2.24) is 4.98 Å². The maximum atomic E-state index is 11.9. The number of aryl methyl sites for hydroxylation is 1. The maximum absolute atomic E-state index is 11.9. The predicted molar refractivity (Wildman–Crippen MR) is 72.0 cm³/mol. The van der Waals surface area contributed by atoms with Gasteiger partial charge in [-0.1, -0.05) is 18.2 Å². The Bertz CT molecular complexity index is 525. The van der Waals surface area contributed by atoms with Crippen LogP contribution in [0.3, 0.4) is 0 Å². The molecule has 1 heterocycles. The summed E-state index contributed by atoms with van der Waals surface area (Å²) in [5.74, 6) is 0.503. The summed E-state index contributed by atoms with van der Waals surface area (Å²) in [7, 11) is 0. The van der Waals surface area contributed by atoms with Crippen molar-refractivity contribution in [2.24, 2.45) is 0 Å². The fourth-order valence-electron chi connectivity index (χ4n) is 1.40. The van der Waals surface area contributed by atoms with E-state index >= 15 is 0 Å². The van der Waals surface area contributed by atoms with Gasteiger partial charge in [-0.3, -0.25) is 4.79 Å².